The number of nitrogens with zero attached hydrogens (tertiary/aromatic N) is 3. The summed E-state index contributed by atoms with van der Waals surface area (Å²) in [5, 5.41) is 10.7. The van der Waals surface area contributed by atoms with Gasteiger partial charge >= 0.3 is 0 Å². The highest BCUT2D eigenvalue weighted by Crippen LogP contribution is 2.27. The Kier molecular flexibility index (Phi) is 5.66. The molecule has 0 atom stereocenters. The number of carbonyl (C=O) groups excluding carboxylic acids is 1. The number of benzene rings is 2. The van der Waals surface area contributed by atoms with Crippen LogP contribution in [-0.2, 0) is 22.5 Å². The number of hydrogen-bond donors (Lipinski definition) is 0. The second-order valence-electron chi connectivity index (χ2n) is 7.43. The summed E-state index contributed by atoms with van der Waals surface area (Å²) in [6, 6.07) is 18.2. The molecule has 2 aromatic carbocycles. The van der Waals surface area contributed by atoms with Gasteiger partial charge in [0.1, 0.15) is 5.78 Å². The van der Waals surface area contributed by atoms with Crippen LogP contribution >= 0.6 is 0 Å². The van der Waals surface area contributed by atoms with Crippen molar-refractivity contribution >= 4 is 16.7 Å². The molecule has 3 aromatic rings. The highest BCUT2D eigenvalue weighted by molar-refractivity contribution is 5.85. The third-order valence-corrected chi connectivity index (χ3v) is 5.26. The Labute approximate surface area is 170 Å². The van der Waals surface area contributed by atoms with Crippen molar-refractivity contribution in [3.05, 3.63) is 65.2 Å². The zero-order chi connectivity index (χ0) is 20.2. The number of ether oxygens (including phenoxy) is 1. The van der Waals surface area contributed by atoms with E-state index in [1.54, 1.807) is 0 Å². The maximum atomic E-state index is 11.5. The van der Waals surface area contributed by atoms with Crippen molar-refractivity contribution in [1.82, 2.24) is 9.88 Å². The number of rotatable bonds is 5. The molecule has 0 unspecified atom stereocenters. The number of pyridine rings is 1. The van der Waals surface area contributed by atoms with Gasteiger partial charge in [-0.3, -0.25) is 9.69 Å². The zero-order valence-electron chi connectivity index (χ0n) is 16.5. The number of hydrogen-bond acceptors (Lipinski definition) is 5. The first-order chi connectivity index (χ1) is 14.1. The lowest BCUT2D eigenvalue weighted by atomic mass is 9.97. The van der Waals surface area contributed by atoms with Crippen LogP contribution in [0.3, 0.4) is 0 Å². The first kappa shape index (κ1) is 19.3. The molecule has 1 aliphatic heterocycles. The van der Waals surface area contributed by atoms with E-state index in [1.807, 2.05) is 36.4 Å². The standard InChI is InChI=1S/C24H23N3O2/c1-17(28)12-18-6-7-19(13-20(18)15-25)24-14-21(16-27-8-10-29-11-9-27)22-4-2-3-5-23(22)26-24/h2-7,13-14H,8-12,16H2,1H3. The van der Waals surface area contributed by atoms with E-state index in [9.17, 15) is 10.1 Å². The first-order valence-corrected chi connectivity index (χ1v) is 9.85. The summed E-state index contributed by atoms with van der Waals surface area (Å²) in [6.07, 6.45) is 0.274. The summed E-state index contributed by atoms with van der Waals surface area (Å²) < 4.78 is 5.47. The van der Waals surface area contributed by atoms with Gasteiger partial charge in [0.2, 0.25) is 0 Å². The average Bonchev–Trinajstić information content (AvgIpc) is 2.74. The Morgan fingerprint density at radius 2 is 1.93 bits per heavy atom. The van der Waals surface area contributed by atoms with E-state index in [-0.39, 0.29) is 12.2 Å². The van der Waals surface area contributed by atoms with Crippen LogP contribution in [0.2, 0.25) is 0 Å². The van der Waals surface area contributed by atoms with Gasteiger partial charge in [-0.05, 0) is 36.2 Å². The van der Waals surface area contributed by atoms with Gasteiger partial charge < -0.3 is 4.74 Å². The molecular weight excluding hydrogens is 362 g/mol. The number of morpholine rings is 1. The number of fused-ring (bicyclic) bond motifs is 1. The summed E-state index contributed by atoms with van der Waals surface area (Å²) in [6.45, 7) is 5.75. The van der Waals surface area contributed by atoms with Crippen molar-refractivity contribution in [2.75, 3.05) is 26.3 Å². The largest absolute Gasteiger partial charge is 0.379 e. The molecule has 0 aliphatic carbocycles. The monoisotopic (exact) mass is 385 g/mol. The van der Waals surface area contributed by atoms with Crippen molar-refractivity contribution in [3.63, 3.8) is 0 Å². The molecule has 29 heavy (non-hydrogen) atoms. The predicted octanol–water partition coefficient (Wildman–Crippen LogP) is 3.74. The lowest BCUT2D eigenvalue weighted by Crippen LogP contribution is -2.35. The van der Waals surface area contributed by atoms with Gasteiger partial charge in [0, 0.05) is 37.0 Å². The van der Waals surface area contributed by atoms with E-state index >= 15 is 0 Å². The van der Waals surface area contributed by atoms with Crippen LogP contribution in [0.5, 0.6) is 0 Å². The Morgan fingerprint density at radius 3 is 2.69 bits per heavy atom. The Morgan fingerprint density at radius 1 is 1.14 bits per heavy atom. The van der Waals surface area contributed by atoms with Crippen LogP contribution in [0.1, 0.15) is 23.6 Å². The zero-order valence-corrected chi connectivity index (χ0v) is 16.5. The lowest BCUT2D eigenvalue weighted by Gasteiger charge is -2.27. The average molecular weight is 385 g/mol. The first-order valence-electron chi connectivity index (χ1n) is 9.85. The van der Waals surface area contributed by atoms with E-state index in [0.29, 0.717) is 5.56 Å². The van der Waals surface area contributed by atoms with Gasteiger partial charge in [-0.1, -0.05) is 30.3 Å². The van der Waals surface area contributed by atoms with Crippen LogP contribution in [0.4, 0.5) is 0 Å². The lowest BCUT2D eigenvalue weighted by molar-refractivity contribution is -0.116. The number of carbonyl (C=O) groups is 1. The normalized spacial score (nSPS) is 14.6. The summed E-state index contributed by atoms with van der Waals surface area (Å²) >= 11 is 0. The predicted molar refractivity (Wildman–Crippen MR) is 112 cm³/mol. The molecule has 5 heteroatoms. The van der Waals surface area contributed by atoms with E-state index in [2.05, 4.69) is 23.1 Å². The maximum Gasteiger partial charge on any atom is 0.134 e. The van der Waals surface area contributed by atoms with E-state index in [4.69, 9.17) is 9.72 Å². The van der Waals surface area contributed by atoms with Gasteiger partial charge in [-0.15, -0.1) is 0 Å². The van der Waals surface area contributed by atoms with Gasteiger partial charge in [0.25, 0.3) is 0 Å². The highest BCUT2D eigenvalue weighted by Gasteiger charge is 2.15. The van der Waals surface area contributed by atoms with E-state index in [1.165, 1.54) is 12.5 Å². The van der Waals surface area contributed by atoms with Gasteiger partial charge in [-0.25, -0.2) is 4.98 Å². The molecule has 0 saturated carbocycles. The number of nitriles is 1. The molecule has 0 radical (unpaired) electrons. The molecule has 0 spiro atoms. The number of Topliss-reactive ketones (excluding diaryl/α,β-unsaturated/α-hetero) is 1. The fourth-order valence-corrected chi connectivity index (χ4v) is 3.79. The van der Waals surface area contributed by atoms with Crippen molar-refractivity contribution in [1.29, 1.82) is 5.26 Å². The SMILES string of the molecule is CC(=O)Cc1ccc(-c2cc(CN3CCOCC3)c3ccccc3n2)cc1C#N. The van der Waals surface area contributed by atoms with Crippen molar-refractivity contribution in [3.8, 4) is 17.3 Å². The van der Waals surface area contributed by atoms with Crippen molar-refractivity contribution < 1.29 is 9.53 Å². The molecular formula is C24H23N3O2. The Balaban J connectivity index is 1.76. The molecule has 2 heterocycles. The van der Waals surface area contributed by atoms with Crippen LogP contribution in [0, 0.1) is 11.3 Å². The maximum absolute atomic E-state index is 11.5. The molecule has 146 valence electrons. The molecule has 4 rings (SSSR count). The van der Waals surface area contributed by atoms with Gasteiger partial charge in [-0.2, -0.15) is 5.26 Å². The molecule has 0 amide bonds. The summed E-state index contributed by atoms with van der Waals surface area (Å²) in [4.78, 5) is 18.7. The molecule has 1 saturated heterocycles. The summed E-state index contributed by atoms with van der Waals surface area (Å²) in [5.74, 6) is 0.0471. The minimum Gasteiger partial charge on any atom is -0.379 e. The van der Waals surface area contributed by atoms with Crippen molar-refractivity contribution in [2.24, 2.45) is 0 Å². The third-order valence-electron chi connectivity index (χ3n) is 5.26. The fourth-order valence-electron chi connectivity index (χ4n) is 3.79. The van der Waals surface area contributed by atoms with Crippen LogP contribution in [0.15, 0.2) is 48.5 Å². The molecule has 5 nitrogen and oxygen atoms in total. The van der Waals surface area contributed by atoms with Crippen LogP contribution < -0.4 is 0 Å². The molecule has 0 bridgehead atoms. The quantitative estimate of drug-likeness (QED) is 0.669. The smallest absolute Gasteiger partial charge is 0.134 e. The van der Waals surface area contributed by atoms with Crippen LogP contribution in [-0.4, -0.2) is 42.0 Å². The fraction of sp³-hybridized carbons (Fsp3) is 0.292. The van der Waals surface area contributed by atoms with Gasteiger partial charge in [0.15, 0.2) is 0 Å². The van der Waals surface area contributed by atoms with Crippen molar-refractivity contribution in [2.45, 2.75) is 19.9 Å². The molecule has 1 fully saturated rings. The number of aromatic nitrogens is 1. The topological polar surface area (TPSA) is 66.2 Å². The molecule has 1 aromatic heterocycles. The summed E-state index contributed by atoms with van der Waals surface area (Å²) in [5.41, 5.74) is 5.19. The van der Waals surface area contributed by atoms with E-state index in [0.717, 1.165) is 60.6 Å². The molecule has 1 aliphatic rings. The third kappa shape index (κ3) is 4.34. The molecule has 0 N–H and O–H groups in total. The highest BCUT2D eigenvalue weighted by atomic mass is 16.5. The van der Waals surface area contributed by atoms with Gasteiger partial charge in [0.05, 0.1) is 36.1 Å². The Hall–Kier alpha value is -3.07. The second kappa shape index (κ2) is 8.52. The van der Waals surface area contributed by atoms with E-state index < -0.39 is 0 Å². The minimum atomic E-state index is 0.0471. The number of para-hydroxylation sites is 1. The minimum absolute atomic E-state index is 0.0471. The second-order valence-corrected chi connectivity index (χ2v) is 7.43. The van der Waals surface area contributed by atoms with Crippen LogP contribution in [0.25, 0.3) is 22.2 Å². The summed E-state index contributed by atoms with van der Waals surface area (Å²) in [7, 11) is 0. The number of ketones is 1. The Bertz CT molecular complexity index is 1090.